The van der Waals surface area contributed by atoms with Gasteiger partial charge in [0, 0.05) is 19.1 Å². The minimum absolute atomic E-state index is 0.184. The van der Waals surface area contributed by atoms with E-state index in [1.54, 1.807) is 7.11 Å². The van der Waals surface area contributed by atoms with Crippen molar-refractivity contribution in [3.05, 3.63) is 29.3 Å². The lowest BCUT2D eigenvalue weighted by atomic mass is 9.99. The summed E-state index contributed by atoms with van der Waals surface area (Å²) >= 11 is 0. The molecule has 0 unspecified atom stereocenters. The fourth-order valence-electron chi connectivity index (χ4n) is 3.75. The second-order valence-corrected chi connectivity index (χ2v) is 6.85. The van der Waals surface area contributed by atoms with Crippen molar-refractivity contribution < 1.29 is 9.53 Å². The molecule has 1 saturated carbocycles. The molecule has 1 fully saturated rings. The third kappa shape index (κ3) is 4.47. The lowest BCUT2D eigenvalue weighted by Crippen LogP contribution is -2.43. The van der Waals surface area contributed by atoms with E-state index < -0.39 is 0 Å². The van der Waals surface area contributed by atoms with Gasteiger partial charge in [0.25, 0.3) is 0 Å². The van der Waals surface area contributed by atoms with Crippen LogP contribution < -0.4 is 10.1 Å². The van der Waals surface area contributed by atoms with Crippen molar-refractivity contribution >= 4 is 5.91 Å². The topological polar surface area (TPSA) is 41.6 Å². The zero-order valence-electron chi connectivity index (χ0n) is 14.1. The van der Waals surface area contributed by atoms with Crippen LogP contribution in [-0.2, 0) is 17.8 Å². The average Bonchev–Trinajstić information content (AvgIpc) is 2.82. The lowest BCUT2D eigenvalue weighted by molar-refractivity contribution is -0.123. The first kappa shape index (κ1) is 16.3. The number of amides is 1. The summed E-state index contributed by atoms with van der Waals surface area (Å²) in [6, 6.07) is 6.66. The predicted molar refractivity (Wildman–Crippen MR) is 91.6 cm³/mol. The SMILES string of the molecule is COc1ccc2c(c1)CN(CC(=O)NC1CCCCCC1)CC2. The minimum Gasteiger partial charge on any atom is -0.497 e. The summed E-state index contributed by atoms with van der Waals surface area (Å²) in [5.41, 5.74) is 2.67. The molecule has 0 aromatic heterocycles. The van der Waals surface area contributed by atoms with Crippen molar-refractivity contribution in [1.82, 2.24) is 10.2 Å². The highest BCUT2D eigenvalue weighted by Crippen LogP contribution is 2.23. The Morgan fingerprint density at radius 1 is 1.22 bits per heavy atom. The van der Waals surface area contributed by atoms with E-state index in [0.717, 1.165) is 38.1 Å². The molecule has 1 aliphatic carbocycles. The van der Waals surface area contributed by atoms with E-state index in [-0.39, 0.29) is 5.91 Å². The van der Waals surface area contributed by atoms with Crippen molar-refractivity contribution in [2.75, 3.05) is 20.2 Å². The molecule has 0 radical (unpaired) electrons. The van der Waals surface area contributed by atoms with E-state index in [9.17, 15) is 4.79 Å². The average molecular weight is 316 g/mol. The van der Waals surface area contributed by atoms with Gasteiger partial charge in [-0.15, -0.1) is 0 Å². The lowest BCUT2D eigenvalue weighted by Gasteiger charge is -2.29. The molecule has 1 aliphatic heterocycles. The van der Waals surface area contributed by atoms with Crippen LogP contribution in [0, 0.1) is 0 Å². The third-order valence-electron chi connectivity index (χ3n) is 5.09. The van der Waals surface area contributed by atoms with Gasteiger partial charge in [0.05, 0.1) is 13.7 Å². The summed E-state index contributed by atoms with van der Waals surface area (Å²) in [6.07, 6.45) is 8.44. The van der Waals surface area contributed by atoms with Crippen molar-refractivity contribution in [1.29, 1.82) is 0 Å². The third-order valence-corrected chi connectivity index (χ3v) is 5.09. The molecule has 4 nitrogen and oxygen atoms in total. The van der Waals surface area contributed by atoms with Crippen LogP contribution in [-0.4, -0.2) is 37.0 Å². The first-order valence-electron chi connectivity index (χ1n) is 8.92. The van der Waals surface area contributed by atoms with Crippen LogP contribution in [0.15, 0.2) is 18.2 Å². The summed E-state index contributed by atoms with van der Waals surface area (Å²) in [5, 5.41) is 3.25. The highest BCUT2D eigenvalue weighted by Gasteiger charge is 2.21. The normalized spacial score (nSPS) is 19.7. The Bertz CT molecular complexity index is 536. The number of hydrogen-bond donors (Lipinski definition) is 1. The van der Waals surface area contributed by atoms with E-state index in [0.29, 0.717) is 12.6 Å². The van der Waals surface area contributed by atoms with E-state index in [2.05, 4.69) is 22.3 Å². The van der Waals surface area contributed by atoms with Crippen molar-refractivity contribution in [3.63, 3.8) is 0 Å². The van der Waals surface area contributed by atoms with Gasteiger partial charge in [0.1, 0.15) is 5.75 Å². The monoisotopic (exact) mass is 316 g/mol. The van der Waals surface area contributed by atoms with Gasteiger partial charge in [-0.3, -0.25) is 9.69 Å². The Labute approximate surface area is 139 Å². The fourth-order valence-corrected chi connectivity index (χ4v) is 3.75. The summed E-state index contributed by atoms with van der Waals surface area (Å²) in [6.45, 7) is 2.30. The Morgan fingerprint density at radius 2 is 2.00 bits per heavy atom. The number of carbonyl (C=O) groups excluding carboxylic acids is 1. The number of methoxy groups -OCH3 is 1. The van der Waals surface area contributed by atoms with Crippen LogP contribution in [0.1, 0.15) is 49.7 Å². The molecule has 0 atom stereocenters. The molecule has 3 rings (SSSR count). The van der Waals surface area contributed by atoms with Crippen LogP contribution in [0.25, 0.3) is 0 Å². The van der Waals surface area contributed by atoms with Crippen LogP contribution >= 0.6 is 0 Å². The molecular formula is C19H28N2O2. The molecule has 2 aliphatic rings. The summed E-state index contributed by atoms with van der Waals surface area (Å²) in [5.74, 6) is 1.08. The smallest absolute Gasteiger partial charge is 0.234 e. The Kier molecular flexibility index (Phi) is 5.55. The van der Waals surface area contributed by atoms with Crippen LogP contribution in [0.4, 0.5) is 0 Å². The molecule has 1 N–H and O–H groups in total. The van der Waals surface area contributed by atoms with E-state index in [1.165, 1.54) is 36.8 Å². The molecule has 1 amide bonds. The molecular weight excluding hydrogens is 288 g/mol. The number of carbonyl (C=O) groups is 1. The Balaban J connectivity index is 1.53. The van der Waals surface area contributed by atoms with Crippen molar-refractivity contribution in [2.24, 2.45) is 0 Å². The minimum atomic E-state index is 0.184. The zero-order chi connectivity index (χ0) is 16.1. The summed E-state index contributed by atoms with van der Waals surface area (Å²) in [7, 11) is 1.70. The number of nitrogens with zero attached hydrogens (tertiary/aromatic N) is 1. The second kappa shape index (κ2) is 7.82. The largest absolute Gasteiger partial charge is 0.497 e. The Morgan fingerprint density at radius 3 is 2.74 bits per heavy atom. The maximum Gasteiger partial charge on any atom is 0.234 e. The zero-order valence-corrected chi connectivity index (χ0v) is 14.1. The molecule has 23 heavy (non-hydrogen) atoms. The van der Waals surface area contributed by atoms with Crippen LogP contribution in [0.5, 0.6) is 5.75 Å². The highest BCUT2D eigenvalue weighted by molar-refractivity contribution is 5.78. The quantitative estimate of drug-likeness (QED) is 0.869. The molecule has 126 valence electrons. The standard InChI is InChI=1S/C19H28N2O2/c1-23-18-9-8-15-10-11-21(13-16(15)12-18)14-19(22)20-17-6-4-2-3-5-7-17/h8-9,12,17H,2-7,10-11,13-14H2,1H3,(H,20,22). The molecule has 0 bridgehead atoms. The van der Waals surface area contributed by atoms with Crippen molar-refractivity contribution in [3.8, 4) is 5.75 Å². The van der Waals surface area contributed by atoms with Gasteiger partial charge in [-0.2, -0.15) is 0 Å². The number of fused-ring (bicyclic) bond motifs is 1. The van der Waals surface area contributed by atoms with Gasteiger partial charge >= 0.3 is 0 Å². The van der Waals surface area contributed by atoms with Gasteiger partial charge in [0.15, 0.2) is 0 Å². The number of hydrogen-bond acceptors (Lipinski definition) is 3. The molecule has 0 spiro atoms. The van der Waals surface area contributed by atoms with Gasteiger partial charge in [0.2, 0.25) is 5.91 Å². The molecule has 1 aromatic rings. The van der Waals surface area contributed by atoms with Crippen LogP contribution in [0.3, 0.4) is 0 Å². The molecule has 1 aromatic carbocycles. The number of benzene rings is 1. The molecule has 4 heteroatoms. The van der Waals surface area contributed by atoms with E-state index in [4.69, 9.17) is 4.74 Å². The van der Waals surface area contributed by atoms with E-state index in [1.807, 2.05) is 6.07 Å². The van der Waals surface area contributed by atoms with Crippen LogP contribution in [0.2, 0.25) is 0 Å². The van der Waals surface area contributed by atoms with Gasteiger partial charge in [-0.25, -0.2) is 0 Å². The maximum absolute atomic E-state index is 12.3. The first-order valence-corrected chi connectivity index (χ1v) is 8.92. The maximum atomic E-state index is 12.3. The summed E-state index contributed by atoms with van der Waals surface area (Å²) in [4.78, 5) is 14.6. The molecule has 0 saturated heterocycles. The number of ether oxygens (including phenoxy) is 1. The number of nitrogens with one attached hydrogen (secondary N) is 1. The molecule has 1 heterocycles. The van der Waals surface area contributed by atoms with Gasteiger partial charge in [-0.1, -0.05) is 31.7 Å². The predicted octanol–water partition coefficient (Wildman–Crippen LogP) is 2.89. The van der Waals surface area contributed by atoms with Gasteiger partial charge < -0.3 is 10.1 Å². The van der Waals surface area contributed by atoms with Crippen molar-refractivity contribution in [2.45, 2.75) is 57.5 Å². The second-order valence-electron chi connectivity index (χ2n) is 6.85. The van der Waals surface area contributed by atoms with E-state index >= 15 is 0 Å². The number of rotatable bonds is 4. The summed E-state index contributed by atoms with van der Waals surface area (Å²) < 4.78 is 5.31. The Hall–Kier alpha value is -1.55. The highest BCUT2D eigenvalue weighted by atomic mass is 16.5. The first-order chi connectivity index (χ1) is 11.2. The fraction of sp³-hybridized carbons (Fsp3) is 0.632. The van der Waals surface area contributed by atoms with Gasteiger partial charge in [-0.05, 0) is 42.5 Å².